The lowest BCUT2D eigenvalue weighted by molar-refractivity contribution is -0.895. The molecular formula is C15H19N4O4+. The molecule has 0 aromatic carbocycles. The third-order valence-corrected chi connectivity index (χ3v) is 3.80. The normalized spacial score (nSPS) is 15.6. The van der Waals surface area contributed by atoms with E-state index in [1.807, 2.05) is 0 Å². The molecule has 0 spiro atoms. The second-order valence-corrected chi connectivity index (χ2v) is 5.57. The topological polar surface area (TPSA) is 93.0 Å². The van der Waals surface area contributed by atoms with E-state index in [1.165, 1.54) is 6.26 Å². The first-order valence-electron chi connectivity index (χ1n) is 7.51. The highest BCUT2D eigenvalue weighted by Gasteiger charge is 2.27. The summed E-state index contributed by atoms with van der Waals surface area (Å²) in [4.78, 5) is 27.0. The van der Waals surface area contributed by atoms with Crippen molar-refractivity contribution in [1.29, 1.82) is 0 Å². The number of aryl methyl sites for hydroxylation is 1. The summed E-state index contributed by atoms with van der Waals surface area (Å²) in [5.74, 6) is 1.22. The van der Waals surface area contributed by atoms with Crippen molar-refractivity contribution in [1.82, 2.24) is 10.1 Å². The molecule has 0 unspecified atom stereocenters. The van der Waals surface area contributed by atoms with E-state index < -0.39 is 0 Å². The Morgan fingerprint density at radius 3 is 2.78 bits per heavy atom. The van der Waals surface area contributed by atoms with Crippen molar-refractivity contribution in [3.63, 3.8) is 0 Å². The Kier molecular flexibility index (Phi) is 4.42. The van der Waals surface area contributed by atoms with E-state index in [-0.39, 0.29) is 11.8 Å². The van der Waals surface area contributed by atoms with E-state index in [4.69, 9.17) is 8.94 Å². The summed E-state index contributed by atoms with van der Waals surface area (Å²) >= 11 is 0. The predicted octanol–water partition coefficient (Wildman–Crippen LogP) is -0.445. The lowest BCUT2D eigenvalue weighted by atomic mass is 10.3. The summed E-state index contributed by atoms with van der Waals surface area (Å²) in [6.45, 7) is 4.75. The molecule has 1 saturated heterocycles. The Morgan fingerprint density at radius 2 is 2.17 bits per heavy atom. The minimum absolute atomic E-state index is 0.100. The van der Waals surface area contributed by atoms with E-state index >= 15 is 0 Å². The molecular weight excluding hydrogens is 300 g/mol. The van der Waals surface area contributed by atoms with Gasteiger partial charge in [-0.15, -0.1) is 0 Å². The third kappa shape index (κ3) is 3.78. The van der Waals surface area contributed by atoms with Gasteiger partial charge in [0.15, 0.2) is 18.1 Å². The van der Waals surface area contributed by atoms with E-state index in [0.717, 1.165) is 18.0 Å². The van der Waals surface area contributed by atoms with Crippen LogP contribution in [0.2, 0.25) is 0 Å². The minimum atomic E-state index is -0.112. The maximum Gasteiger partial charge on any atom is 0.289 e. The molecule has 0 saturated carbocycles. The van der Waals surface area contributed by atoms with Gasteiger partial charge in [-0.25, -0.2) is 0 Å². The van der Waals surface area contributed by atoms with Crippen molar-refractivity contribution in [3.8, 4) is 0 Å². The van der Waals surface area contributed by atoms with Gasteiger partial charge in [-0.1, -0.05) is 5.16 Å². The van der Waals surface area contributed by atoms with Crippen LogP contribution in [0.25, 0.3) is 0 Å². The highest BCUT2D eigenvalue weighted by Crippen LogP contribution is 2.07. The van der Waals surface area contributed by atoms with E-state index in [2.05, 4.69) is 10.5 Å². The van der Waals surface area contributed by atoms with Crippen LogP contribution in [-0.2, 0) is 4.79 Å². The lowest BCUT2D eigenvalue weighted by Crippen LogP contribution is -3.15. The fourth-order valence-electron chi connectivity index (χ4n) is 2.60. The summed E-state index contributed by atoms with van der Waals surface area (Å²) in [6, 6.07) is 5.03. The Hall–Kier alpha value is -2.61. The monoisotopic (exact) mass is 319 g/mol. The van der Waals surface area contributed by atoms with Gasteiger partial charge in [0, 0.05) is 6.07 Å². The zero-order chi connectivity index (χ0) is 16.2. The van der Waals surface area contributed by atoms with Gasteiger partial charge in [-0.3, -0.25) is 9.59 Å². The number of carbonyl (C=O) groups excluding carboxylic acids is 2. The second-order valence-electron chi connectivity index (χ2n) is 5.57. The molecule has 8 nitrogen and oxygen atoms in total. The van der Waals surface area contributed by atoms with E-state index in [9.17, 15) is 9.59 Å². The SMILES string of the molecule is Cc1cc(NC(=O)C[NH+]2CCN(C(=O)c3ccco3)CC2)no1. The molecule has 1 aliphatic heterocycles. The molecule has 2 N–H and O–H groups in total. The van der Waals surface area contributed by atoms with Crippen LogP contribution in [0, 0.1) is 6.92 Å². The zero-order valence-corrected chi connectivity index (χ0v) is 12.9. The summed E-state index contributed by atoms with van der Waals surface area (Å²) in [7, 11) is 0. The second kappa shape index (κ2) is 6.66. The van der Waals surface area contributed by atoms with Crippen LogP contribution in [0.3, 0.4) is 0 Å². The van der Waals surface area contributed by atoms with Gasteiger partial charge in [0.2, 0.25) is 0 Å². The number of quaternary nitrogens is 1. The van der Waals surface area contributed by atoms with Crippen molar-refractivity contribution < 1.29 is 23.4 Å². The molecule has 8 heteroatoms. The van der Waals surface area contributed by atoms with Gasteiger partial charge in [-0.2, -0.15) is 0 Å². The Bertz CT molecular complexity index is 671. The van der Waals surface area contributed by atoms with Gasteiger partial charge in [-0.05, 0) is 19.1 Å². The van der Waals surface area contributed by atoms with Gasteiger partial charge in [0.05, 0.1) is 32.4 Å². The number of carbonyl (C=O) groups is 2. The number of hydrogen-bond acceptors (Lipinski definition) is 5. The fourth-order valence-corrected chi connectivity index (χ4v) is 2.60. The maximum absolute atomic E-state index is 12.2. The first-order valence-corrected chi connectivity index (χ1v) is 7.51. The van der Waals surface area contributed by atoms with Crippen LogP contribution in [0.4, 0.5) is 5.82 Å². The highest BCUT2D eigenvalue weighted by atomic mass is 16.5. The molecule has 2 aromatic heterocycles. The third-order valence-electron chi connectivity index (χ3n) is 3.80. The Labute approximate surface area is 133 Å². The average molecular weight is 319 g/mol. The number of piperazine rings is 1. The van der Waals surface area contributed by atoms with Crippen LogP contribution in [-0.4, -0.2) is 54.6 Å². The summed E-state index contributed by atoms with van der Waals surface area (Å²) in [5.41, 5.74) is 0. The molecule has 23 heavy (non-hydrogen) atoms. The summed E-state index contributed by atoms with van der Waals surface area (Å²) < 4.78 is 10.0. The van der Waals surface area contributed by atoms with Crippen LogP contribution in [0.5, 0.6) is 0 Å². The van der Waals surface area contributed by atoms with Gasteiger partial charge in [0.25, 0.3) is 11.8 Å². The zero-order valence-electron chi connectivity index (χ0n) is 12.9. The molecule has 2 aromatic rings. The van der Waals surface area contributed by atoms with E-state index in [0.29, 0.717) is 37.0 Å². The molecule has 3 heterocycles. The number of nitrogens with zero attached hydrogens (tertiary/aromatic N) is 2. The maximum atomic E-state index is 12.2. The van der Waals surface area contributed by atoms with Crippen molar-refractivity contribution in [2.45, 2.75) is 6.92 Å². The molecule has 0 atom stereocenters. The number of nitrogens with one attached hydrogen (secondary N) is 2. The molecule has 122 valence electrons. The van der Waals surface area contributed by atoms with Crippen molar-refractivity contribution in [2.24, 2.45) is 0 Å². The predicted molar refractivity (Wildman–Crippen MR) is 80.0 cm³/mol. The minimum Gasteiger partial charge on any atom is -0.459 e. The summed E-state index contributed by atoms with van der Waals surface area (Å²) in [5, 5.41) is 6.44. The number of furan rings is 1. The largest absolute Gasteiger partial charge is 0.459 e. The smallest absolute Gasteiger partial charge is 0.289 e. The molecule has 0 aliphatic carbocycles. The van der Waals surface area contributed by atoms with E-state index in [1.54, 1.807) is 30.0 Å². The Balaban J connectivity index is 1.45. The average Bonchev–Trinajstić information content (AvgIpc) is 3.19. The molecule has 1 fully saturated rings. The quantitative estimate of drug-likeness (QED) is 0.797. The number of hydrogen-bond donors (Lipinski definition) is 2. The first kappa shape index (κ1) is 15.3. The van der Waals surface area contributed by atoms with Gasteiger partial charge in [0.1, 0.15) is 5.76 Å². The number of aromatic nitrogens is 1. The Morgan fingerprint density at radius 1 is 1.39 bits per heavy atom. The molecule has 3 rings (SSSR count). The van der Waals surface area contributed by atoms with Crippen LogP contribution >= 0.6 is 0 Å². The lowest BCUT2D eigenvalue weighted by Gasteiger charge is -2.31. The van der Waals surface area contributed by atoms with Crippen molar-refractivity contribution in [2.75, 3.05) is 38.0 Å². The fraction of sp³-hybridized carbons (Fsp3) is 0.400. The summed E-state index contributed by atoms with van der Waals surface area (Å²) in [6.07, 6.45) is 1.49. The number of anilines is 1. The van der Waals surface area contributed by atoms with Crippen molar-refractivity contribution >= 4 is 17.6 Å². The van der Waals surface area contributed by atoms with Crippen LogP contribution in [0.1, 0.15) is 16.3 Å². The van der Waals surface area contributed by atoms with Crippen molar-refractivity contribution in [3.05, 3.63) is 36.0 Å². The molecule has 2 amide bonds. The number of rotatable bonds is 4. The van der Waals surface area contributed by atoms with Gasteiger partial charge < -0.3 is 24.1 Å². The van der Waals surface area contributed by atoms with Crippen LogP contribution < -0.4 is 10.2 Å². The van der Waals surface area contributed by atoms with Crippen LogP contribution in [0.15, 0.2) is 33.4 Å². The molecule has 1 aliphatic rings. The standard InChI is InChI=1S/C15H18N4O4/c1-11-9-13(17-23-11)16-14(20)10-18-4-6-19(7-5-18)15(21)12-3-2-8-22-12/h2-3,8-9H,4-7,10H2,1H3,(H,16,17,20)/p+1. The molecule has 0 radical (unpaired) electrons. The first-order chi connectivity index (χ1) is 11.1. The highest BCUT2D eigenvalue weighted by molar-refractivity contribution is 5.91. The van der Waals surface area contributed by atoms with Gasteiger partial charge >= 0.3 is 0 Å². The molecule has 0 bridgehead atoms. The number of amides is 2.